The van der Waals surface area contributed by atoms with Crippen LogP contribution in [0.15, 0.2) is 97.1 Å². The maximum Gasteiger partial charge on any atom is 0.416 e. The Hall–Kier alpha value is -4.42. The lowest BCUT2D eigenvalue weighted by Gasteiger charge is -2.26. The monoisotopic (exact) mass is 838 g/mol. The van der Waals surface area contributed by atoms with Crippen LogP contribution < -0.4 is 0 Å². The lowest BCUT2D eigenvalue weighted by atomic mass is 9.78. The maximum absolute atomic E-state index is 12.7. The van der Waals surface area contributed by atoms with E-state index in [1.807, 2.05) is 0 Å². The molecule has 0 radical (unpaired) electrons. The molecule has 4 aromatic carbocycles. The van der Waals surface area contributed by atoms with Crippen molar-refractivity contribution in [2.45, 2.75) is 160 Å². The normalized spacial score (nSPS) is 19.1. The van der Waals surface area contributed by atoms with E-state index in [9.17, 15) is 26.3 Å². The van der Waals surface area contributed by atoms with Crippen LogP contribution in [0.2, 0.25) is 0 Å². The summed E-state index contributed by atoms with van der Waals surface area (Å²) >= 11 is 0. The van der Waals surface area contributed by atoms with E-state index in [1.54, 1.807) is 0 Å². The minimum atomic E-state index is -4.29. The maximum atomic E-state index is 12.7. The van der Waals surface area contributed by atoms with E-state index in [4.69, 9.17) is 0 Å². The number of aryl methyl sites for hydroxylation is 2. The Balaban J connectivity index is 0.000000231. The second kappa shape index (κ2) is 24.3. The third-order valence-electron chi connectivity index (χ3n) is 12.5. The van der Waals surface area contributed by atoms with Crippen LogP contribution in [0.3, 0.4) is 0 Å². The van der Waals surface area contributed by atoms with Crippen molar-refractivity contribution in [2.24, 2.45) is 11.8 Å². The molecule has 0 aliphatic heterocycles. The summed E-state index contributed by atoms with van der Waals surface area (Å²) in [6.45, 7) is 4.49. The van der Waals surface area contributed by atoms with Gasteiger partial charge in [0.15, 0.2) is 0 Å². The molecular formula is C55H64F6. The fourth-order valence-corrected chi connectivity index (χ4v) is 8.60. The highest BCUT2D eigenvalue weighted by Gasteiger charge is 2.31. The average molecular weight is 839 g/mol. The van der Waals surface area contributed by atoms with E-state index in [2.05, 4.69) is 86.1 Å². The minimum absolute atomic E-state index is 0.334. The largest absolute Gasteiger partial charge is 0.416 e. The molecule has 0 N–H and O–H groups in total. The number of hydrogen-bond acceptors (Lipinski definition) is 0. The molecule has 61 heavy (non-hydrogen) atoms. The van der Waals surface area contributed by atoms with E-state index < -0.39 is 23.5 Å². The van der Waals surface area contributed by atoms with Crippen LogP contribution in [0, 0.1) is 35.5 Å². The summed E-state index contributed by atoms with van der Waals surface area (Å²) in [7, 11) is 0. The van der Waals surface area contributed by atoms with Gasteiger partial charge in [0.2, 0.25) is 0 Å². The topological polar surface area (TPSA) is 0 Å². The van der Waals surface area contributed by atoms with Gasteiger partial charge in [0.05, 0.1) is 11.1 Å². The van der Waals surface area contributed by atoms with Crippen molar-refractivity contribution in [3.63, 3.8) is 0 Å². The summed E-state index contributed by atoms with van der Waals surface area (Å²) in [6.07, 6.45) is 14.3. The van der Waals surface area contributed by atoms with Crippen molar-refractivity contribution in [1.29, 1.82) is 0 Å². The van der Waals surface area contributed by atoms with Crippen LogP contribution in [0.5, 0.6) is 0 Å². The molecule has 0 heterocycles. The molecule has 2 aliphatic rings. The molecule has 0 atom stereocenters. The standard InChI is InChI=1S/C28H33F3.C27H31F3/c1-2-3-4-5-6-7-22-10-16-25(17-11-22)26-18-12-23(13-19-26)8-9-24-14-20-27(21-15-24)28(29,30)31;1-2-3-4-5-6-21-9-15-24(16-10-21)25-17-11-22(12-18-25)7-8-23-13-19-26(20-14-23)27(28,29)30/h10-11,14-17,20-21,23,26H,2-7,12-13,18-19H2,1H3;9-10,13-16,19-20,22,25H,2-6,11-12,17-18H2,1H3. The fourth-order valence-electron chi connectivity index (χ4n) is 8.60. The molecular weight excluding hydrogens is 775 g/mol. The molecule has 0 nitrogen and oxygen atoms in total. The Morgan fingerprint density at radius 3 is 1.07 bits per heavy atom. The number of alkyl halides is 6. The van der Waals surface area contributed by atoms with Crippen molar-refractivity contribution in [3.8, 4) is 23.7 Å². The van der Waals surface area contributed by atoms with Gasteiger partial charge in [0.25, 0.3) is 0 Å². The van der Waals surface area contributed by atoms with Crippen LogP contribution in [0.25, 0.3) is 0 Å². The van der Waals surface area contributed by atoms with Gasteiger partial charge < -0.3 is 0 Å². The van der Waals surface area contributed by atoms with E-state index in [-0.39, 0.29) is 0 Å². The summed E-state index contributed by atoms with van der Waals surface area (Å²) in [6, 6.07) is 28.7. The molecule has 326 valence electrons. The molecule has 6 heteroatoms. The Kier molecular flexibility index (Phi) is 19.0. The second-order valence-electron chi connectivity index (χ2n) is 17.2. The van der Waals surface area contributed by atoms with Crippen molar-refractivity contribution < 1.29 is 26.3 Å². The average Bonchev–Trinajstić information content (AvgIpc) is 3.27. The zero-order valence-electron chi connectivity index (χ0n) is 36.2. The van der Waals surface area contributed by atoms with Crippen LogP contribution >= 0.6 is 0 Å². The summed E-state index contributed by atoms with van der Waals surface area (Å²) < 4.78 is 75.9. The lowest BCUT2D eigenvalue weighted by molar-refractivity contribution is -0.138. The van der Waals surface area contributed by atoms with E-state index in [1.165, 1.54) is 117 Å². The molecule has 2 saturated carbocycles. The number of rotatable bonds is 13. The number of hydrogen-bond donors (Lipinski definition) is 0. The highest BCUT2D eigenvalue weighted by Crippen LogP contribution is 2.37. The Labute approximate surface area is 362 Å². The van der Waals surface area contributed by atoms with Gasteiger partial charge in [-0.1, -0.05) is 131 Å². The molecule has 0 amide bonds. The molecule has 2 fully saturated rings. The van der Waals surface area contributed by atoms with Gasteiger partial charge in [-0.25, -0.2) is 0 Å². The third-order valence-corrected chi connectivity index (χ3v) is 12.5. The SMILES string of the molecule is CCCCCCCc1ccc(C2CCC(C#Cc3ccc(C(F)(F)F)cc3)CC2)cc1.CCCCCCc1ccc(C2CCC(C#Cc3ccc(C(F)(F)F)cc3)CC2)cc1. The van der Waals surface area contributed by atoms with Crippen molar-refractivity contribution in [3.05, 3.63) is 142 Å². The summed E-state index contributed by atoms with van der Waals surface area (Å²) in [5.74, 6) is 14.6. The fraction of sp³-hybridized carbons (Fsp3) is 0.491. The Bertz CT molecular complexity index is 1970. The van der Waals surface area contributed by atoms with Crippen molar-refractivity contribution in [1.82, 2.24) is 0 Å². The molecule has 0 spiro atoms. The quantitative estimate of drug-likeness (QED) is 0.0715. The molecule has 0 aromatic heterocycles. The van der Waals surface area contributed by atoms with Crippen LogP contribution in [0.1, 0.15) is 179 Å². The number of unbranched alkanes of at least 4 members (excludes halogenated alkanes) is 7. The molecule has 0 bridgehead atoms. The first-order chi connectivity index (χ1) is 29.4. The van der Waals surface area contributed by atoms with Gasteiger partial charge in [-0.15, -0.1) is 0 Å². The van der Waals surface area contributed by atoms with Crippen LogP contribution in [-0.2, 0) is 25.2 Å². The first kappa shape index (κ1) is 47.6. The minimum Gasteiger partial charge on any atom is -0.166 e. The summed E-state index contributed by atoms with van der Waals surface area (Å²) in [4.78, 5) is 0. The first-order valence-corrected chi connectivity index (χ1v) is 23.0. The first-order valence-electron chi connectivity index (χ1n) is 23.0. The van der Waals surface area contributed by atoms with Gasteiger partial charge >= 0.3 is 12.4 Å². The van der Waals surface area contributed by atoms with E-state index >= 15 is 0 Å². The van der Waals surface area contributed by atoms with Gasteiger partial charge in [-0.05, 0) is 160 Å². The predicted molar refractivity (Wildman–Crippen MR) is 239 cm³/mol. The number of benzene rings is 4. The zero-order valence-corrected chi connectivity index (χ0v) is 36.2. The predicted octanol–water partition coefficient (Wildman–Crippen LogP) is 16.7. The second-order valence-corrected chi connectivity index (χ2v) is 17.2. The summed E-state index contributed by atoms with van der Waals surface area (Å²) in [5.41, 5.74) is 5.80. The van der Waals surface area contributed by atoms with Gasteiger partial charge in [0, 0.05) is 23.0 Å². The molecule has 6 rings (SSSR count). The zero-order chi connectivity index (χ0) is 43.5. The Morgan fingerprint density at radius 1 is 0.410 bits per heavy atom. The number of halogens is 6. The molecule has 4 aromatic rings. The summed E-state index contributed by atoms with van der Waals surface area (Å²) in [5, 5.41) is 0. The van der Waals surface area contributed by atoms with E-state index in [0.717, 1.165) is 75.6 Å². The lowest BCUT2D eigenvalue weighted by Crippen LogP contribution is -2.12. The highest BCUT2D eigenvalue weighted by molar-refractivity contribution is 5.39. The van der Waals surface area contributed by atoms with Gasteiger partial charge in [-0.2, -0.15) is 26.3 Å². The van der Waals surface area contributed by atoms with Crippen molar-refractivity contribution >= 4 is 0 Å². The van der Waals surface area contributed by atoms with Crippen LogP contribution in [0.4, 0.5) is 26.3 Å². The van der Waals surface area contributed by atoms with E-state index in [0.29, 0.717) is 34.8 Å². The smallest absolute Gasteiger partial charge is 0.166 e. The van der Waals surface area contributed by atoms with Crippen molar-refractivity contribution in [2.75, 3.05) is 0 Å². The van der Waals surface area contributed by atoms with Gasteiger partial charge in [0.1, 0.15) is 0 Å². The Morgan fingerprint density at radius 2 is 0.738 bits per heavy atom. The highest BCUT2D eigenvalue weighted by atomic mass is 19.4. The van der Waals surface area contributed by atoms with Gasteiger partial charge in [-0.3, -0.25) is 0 Å². The molecule has 0 saturated heterocycles. The molecule has 0 unspecified atom stereocenters. The van der Waals surface area contributed by atoms with Crippen LogP contribution in [-0.4, -0.2) is 0 Å². The molecule has 2 aliphatic carbocycles. The third kappa shape index (κ3) is 16.4.